The number of thiophene rings is 1. The number of alkyl halides is 2. The van der Waals surface area contributed by atoms with Crippen molar-refractivity contribution in [1.82, 2.24) is 34.7 Å². The van der Waals surface area contributed by atoms with Crippen molar-refractivity contribution in [3.8, 4) is 0 Å². The van der Waals surface area contributed by atoms with Gasteiger partial charge in [0.05, 0.1) is 17.0 Å². The van der Waals surface area contributed by atoms with Gasteiger partial charge in [0.1, 0.15) is 16.9 Å². The van der Waals surface area contributed by atoms with Crippen LogP contribution in [0.1, 0.15) is 66.9 Å². The van der Waals surface area contributed by atoms with E-state index in [1.165, 1.54) is 23.7 Å². The average molecular weight is 476 g/mol. The maximum atomic E-state index is 13.6. The number of aliphatic hydroxyl groups is 1. The average Bonchev–Trinajstić information content (AvgIpc) is 3.55. The van der Waals surface area contributed by atoms with Crippen molar-refractivity contribution < 1.29 is 13.9 Å². The van der Waals surface area contributed by atoms with Gasteiger partial charge in [0, 0.05) is 29.3 Å². The summed E-state index contributed by atoms with van der Waals surface area (Å²) in [6.07, 6.45) is 1.66. The molecule has 11 heteroatoms. The molecule has 1 aliphatic rings. The monoisotopic (exact) mass is 475 g/mol. The fourth-order valence-electron chi connectivity index (χ4n) is 4.87. The first-order valence-corrected chi connectivity index (χ1v) is 11.9. The molecule has 0 aliphatic carbocycles. The second-order valence-corrected chi connectivity index (χ2v) is 10.1. The summed E-state index contributed by atoms with van der Waals surface area (Å²) < 4.78 is 30.5. The van der Waals surface area contributed by atoms with Gasteiger partial charge >= 0.3 is 0 Å². The summed E-state index contributed by atoms with van der Waals surface area (Å²) in [5.74, 6) is 0.0477. The fraction of sp³-hybridized carbons (Fsp3) is 0.545. The van der Waals surface area contributed by atoms with Gasteiger partial charge in [0.2, 0.25) is 0 Å². The van der Waals surface area contributed by atoms with Crippen LogP contribution >= 0.6 is 11.3 Å². The highest BCUT2D eigenvalue weighted by atomic mass is 32.1. The number of rotatable bonds is 7. The van der Waals surface area contributed by atoms with Gasteiger partial charge in [-0.1, -0.05) is 0 Å². The van der Waals surface area contributed by atoms with Crippen LogP contribution in [0.15, 0.2) is 18.5 Å². The molecule has 3 atom stereocenters. The molecule has 4 aromatic heterocycles. The summed E-state index contributed by atoms with van der Waals surface area (Å²) in [6, 6.07) is 3.57. The zero-order valence-electron chi connectivity index (χ0n) is 18.8. The SMILES string of the molecule is Cc1nn(C)c2sc(C(C)(O)CCC(c3cc(C(F)F)nc4ncnn34)C3CCCN3)cc12. The van der Waals surface area contributed by atoms with Crippen molar-refractivity contribution in [2.75, 3.05) is 6.54 Å². The summed E-state index contributed by atoms with van der Waals surface area (Å²) in [7, 11) is 1.90. The molecule has 1 fully saturated rings. The van der Waals surface area contributed by atoms with Crippen LogP contribution in [-0.2, 0) is 12.6 Å². The molecule has 5 heterocycles. The lowest BCUT2D eigenvalue weighted by molar-refractivity contribution is 0.0460. The minimum Gasteiger partial charge on any atom is -0.385 e. The third-order valence-electron chi connectivity index (χ3n) is 6.66. The van der Waals surface area contributed by atoms with Crippen LogP contribution in [0.2, 0.25) is 0 Å². The van der Waals surface area contributed by atoms with E-state index in [1.54, 1.807) is 4.52 Å². The zero-order valence-corrected chi connectivity index (χ0v) is 19.6. The van der Waals surface area contributed by atoms with Crippen LogP contribution in [-0.4, -0.2) is 47.1 Å². The minimum absolute atomic E-state index is 0.106. The van der Waals surface area contributed by atoms with Gasteiger partial charge in [-0.15, -0.1) is 11.3 Å². The highest BCUT2D eigenvalue weighted by molar-refractivity contribution is 7.18. The standard InChI is InChI=1S/C22H27F2N7OS/c1-12-14-9-18(33-20(14)30(3)29-12)22(2,32)7-6-13(15-5-4-8-25-15)17-10-16(19(23)24)28-21-26-11-27-31(17)21/h9-11,13,15,19,25,32H,4-8H2,1-3H3. The molecular weight excluding hydrogens is 448 g/mol. The van der Waals surface area contributed by atoms with Gasteiger partial charge in [-0.3, -0.25) is 4.68 Å². The van der Waals surface area contributed by atoms with Crippen molar-refractivity contribution in [3.05, 3.63) is 40.4 Å². The van der Waals surface area contributed by atoms with E-state index in [-0.39, 0.29) is 23.4 Å². The maximum absolute atomic E-state index is 13.6. The fourth-order valence-corrected chi connectivity index (χ4v) is 6.07. The normalized spacial score (nSPS) is 19.7. The van der Waals surface area contributed by atoms with E-state index in [1.807, 2.05) is 31.6 Å². The Morgan fingerprint density at radius 2 is 2.18 bits per heavy atom. The van der Waals surface area contributed by atoms with Gasteiger partial charge < -0.3 is 10.4 Å². The predicted molar refractivity (Wildman–Crippen MR) is 122 cm³/mol. The van der Waals surface area contributed by atoms with Crippen LogP contribution < -0.4 is 5.32 Å². The number of aryl methyl sites for hydroxylation is 2. The van der Waals surface area contributed by atoms with E-state index >= 15 is 0 Å². The predicted octanol–water partition coefficient (Wildman–Crippen LogP) is 3.84. The number of aromatic nitrogens is 6. The van der Waals surface area contributed by atoms with E-state index < -0.39 is 12.0 Å². The molecule has 176 valence electrons. The number of nitrogens with zero attached hydrogens (tertiary/aromatic N) is 6. The number of hydrogen-bond acceptors (Lipinski definition) is 7. The Morgan fingerprint density at radius 3 is 2.88 bits per heavy atom. The maximum Gasteiger partial charge on any atom is 0.280 e. The molecule has 0 spiro atoms. The highest BCUT2D eigenvalue weighted by Gasteiger charge is 2.34. The second kappa shape index (κ2) is 8.37. The third kappa shape index (κ3) is 4.02. The zero-order chi connectivity index (χ0) is 23.3. The molecule has 4 aromatic rings. The van der Waals surface area contributed by atoms with Crippen LogP contribution in [0.4, 0.5) is 8.78 Å². The molecule has 5 rings (SSSR count). The molecule has 0 radical (unpaired) electrons. The molecule has 1 aliphatic heterocycles. The van der Waals surface area contributed by atoms with Crippen molar-refractivity contribution in [2.45, 2.75) is 63.5 Å². The second-order valence-electron chi connectivity index (χ2n) is 9.04. The van der Waals surface area contributed by atoms with Gasteiger partial charge in [-0.25, -0.2) is 18.3 Å². The van der Waals surface area contributed by atoms with Crippen molar-refractivity contribution in [3.63, 3.8) is 0 Å². The number of hydrogen-bond donors (Lipinski definition) is 2. The molecule has 2 N–H and O–H groups in total. The van der Waals surface area contributed by atoms with Crippen molar-refractivity contribution in [2.24, 2.45) is 7.05 Å². The topological polar surface area (TPSA) is 93.2 Å². The Hall–Kier alpha value is -2.50. The Balaban J connectivity index is 1.48. The van der Waals surface area contributed by atoms with E-state index in [0.717, 1.165) is 40.2 Å². The Labute approximate surface area is 193 Å². The van der Waals surface area contributed by atoms with Crippen LogP contribution in [0.5, 0.6) is 0 Å². The molecule has 33 heavy (non-hydrogen) atoms. The Bertz CT molecular complexity index is 1250. The molecule has 0 aromatic carbocycles. The van der Waals surface area contributed by atoms with Crippen LogP contribution in [0.3, 0.4) is 0 Å². The summed E-state index contributed by atoms with van der Waals surface area (Å²) in [6.45, 7) is 4.66. The van der Waals surface area contributed by atoms with Crippen molar-refractivity contribution >= 4 is 27.3 Å². The Kier molecular flexibility index (Phi) is 5.66. The Morgan fingerprint density at radius 1 is 1.36 bits per heavy atom. The number of fused-ring (bicyclic) bond motifs is 2. The van der Waals surface area contributed by atoms with Gasteiger partial charge in [0.15, 0.2) is 0 Å². The molecule has 1 saturated heterocycles. The van der Waals surface area contributed by atoms with Crippen LogP contribution in [0.25, 0.3) is 16.0 Å². The summed E-state index contributed by atoms with van der Waals surface area (Å²) in [5, 5.41) is 24.7. The molecular formula is C22H27F2N7OS. The first kappa shape index (κ1) is 22.3. The third-order valence-corrected chi connectivity index (χ3v) is 8.11. The summed E-state index contributed by atoms with van der Waals surface area (Å²) >= 11 is 1.54. The first-order chi connectivity index (χ1) is 15.7. The number of nitrogens with one attached hydrogen (secondary N) is 1. The first-order valence-electron chi connectivity index (χ1n) is 11.1. The molecule has 0 saturated carbocycles. The lowest BCUT2D eigenvalue weighted by Crippen LogP contribution is -2.32. The number of halogens is 2. The van der Waals surface area contributed by atoms with E-state index in [0.29, 0.717) is 18.5 Å². The molecule has 0 bridgehead atoms. The van der Waals surface area contributed by atoms with E-state index in [9.17, 15) is 13.9 Å². The van der Waals surface area contributed by atoms with E-state index in [2.05, 4.69) is 25.5 Å². The lowest BCUT2D eigenvalue weighted by atomic mass is 9.85. The molecule has 8 nitrogen and oxygen atoms in total. The lowest BCUT2D eigenvalue weighted by Gasteiger charge is -2.29. The van der Waals surface area contributed by atoms with Crippen LogP contribution in [0, 0.1) is 6.92 Å². The molecule has 3 unspecified atom stereocenters. The highest BCUT2D eigenvalue weighted by Crippen LogP contribution is 2.40. The quantitative estimate of drug-likeness (QED) is 0.422. The summed E-state index contributed by atoms with van der Waals surface area (Å²) in [5.41, 5.74) is 0.225. The molecule has 0 amide bonds. The summed E-state index contributed by atoms with van der Waals surface area (Å²) in [4.78, 5) is 9.91. The smallest absolute Gasteiger partial charge is 0.280 e. The van der Waals surface area contributed by atoms with Gasteiger partial charge in [-0.2, -0.15) is 15.2 Å². The van der Waals surface area contributed by atoms with E-state index in [4.69, 9.17) is 0 Å². The van der Waals surface area contributed by atoms with Gasteiger partial charge in [-0.05, 0) is 58.2 Å². The minimum atomic E-state index is -2.69. The van der Waals surface area contributed by atoms with Gasteiger partial charge in [0.25, 0.3) is 12.2 Å². The van der Waals surface area contributed by atoms with Crippen molar-refractivity contribution in [1.29, 1.82) is 0 Å². The largest absolute Gasteiger partial charge is 0.385 e.